The maximum absolute atomic E-state index is 6.19. The van der Waals surface area contributed by atoms with Crippen molar-refractivity contribution in [1.29, 1.82) is 0 Å². The Kier molecular flexibility index (Phi) is 6.09. The summed E-state index contributed by atoms with van der Waals surface area (Å²) in [5.41, 5.74) is 6.11. The average molecular weight is 567 g/mol. The highest BCUT2D eigenvalue weighted by molar-refractivity contribution is 6.17. The molecule has 8 aromatic rings. The molecule has 0 aliphatic rings. The minimum atomic E-state index is 0.486. The first-order valence-corrected chi connectivity index (χ1v) is 14.6. The van der Waals surface area contributed by atoms with Gasteiger partial charge in [0.1, 0.15) is 16.9 Å². The molecule has 0 amide bonds. The summed E-state index contributed by atoms with van der Waals surface area (Å²) < 4.78 is 6.19. The molecule has 208 valence electrons. The molecule has 0 spiro atoms. The zero-order valence-corrected chi connectivity index (χ0v) is 24.0. The fraction of sp³-hybridized carbons (Fsp3) is 0.0256. The summed E-state index contributed by atoms with van der Waals surface area (Å²) >= 11 is 0. The molecule has 5 heteroatoms. The van der Waals surface area contributed by atoms with E-state index in [0.717, 1.165) is 65.7 Å². The van der Waals surface area contributed by atoms with Crippen LogP contribution in [0.3, 0.4) is 0 Å². The molecular formula is C39H26N4O. The van der Waals surface area contributed by atoms with Crippen molar-refractivity contribution < 1.29 is 4.42 Å². The van der Waals surface area contributed by atoms with Gasteiger partial charge in [-0.25, -0.2) is 15.0 Å². The summed E-state index contributed by atoms with van der Waals surface area (Å²) in [6.07, 6.45) is 7.83. The lowest BCUT2D eigenvalue weighted by Crippen LogP contribution is -2.02. The molecule has 0 unspecified atom stereocenters. The Bertz CT molecular complexity index is 2420. The van der Waals surface area contributed by atoms with Crippen LogP contribution in [0.5, 0.6) is 0 Å². The summed E-state index contributed by atoms with van der Waals surface area (Å²) in [5, 5.41) is 6.28. The van der Waals surface area contributed by atoms with E-state index in [9.17, 15) is 0 Å². The third-order valence-corrected chi connectivity index (χ3v) is 8.06. The lowest BCUT2D eigenvalue weighted by atomic mass is 9.90. The first-order chi connectivity index (χ1) is 21.7. The lowest BCUT2D eigenvalue weighted by Gasteiger charge is -2.16. The van der Waals surface area contributed by atoms with Crippen LogP contribution in [0.1, 0.15) is 18.1 Å². The van der Waals surface area contributed by atoms with Gasteiger partial charge in [0.2, 0.25) is 0 Å². The quantitative estimate of drug-likeness (QED) is 0.194. The Balaban J connectivity index is 1.51. The van der Waals surface area contributed by atoms with Crippen LogP contribution in [-0.2, 0) is 0 Å². The monoisotopic (exact) mass is 566 g/mol. The number of para-hydroxylation sites is 1. The number of rotatable bonds is 5. The fourth-order valence-corrected chi connectivity index (χ4v) is 6.13. The van der Waals surface area contributed by atoms with E-state index in [1.165, 1.54) is 0 Å². The number of benzene rings is 5. The van der Waals surface area contributed by atoms with Crippen LogP contribution in [0.25, 0.3) is 89.9 Å². The molecule has 8 rings (SSSR count). The topological polar surface area (TPSA) is 64.7 Å². The third-order valence-electron chi connectivity index (χ3n) is 8.06. The van der Waals surface area contributed by atoms with Gasteiger partial charge in [0.25, 0.3) is 0 Å². The molecule has 44 heavy (non-hydrogen) atoms. The predicted molar refractivity (Wildman–Crippen MR) is 181 cm³/mol. The Labute approximate surface area is 253 Å². The molecule has 3 heterocycles. The van der Waals surface area contributed by atoms with Crippen LogP contribution in [0.15, 0.2) is 126 Å². The van der Waals surface area contributed by atoms with Crippen molar-refractivity contribution in [3.8, 4) is 34.3 Å². The number of hydrogen-bond donors (Lipinski definition) is 0. The molecule has 0 saturated heterocycles. The van der Waals surface area contributed by atoms with Gasteiger partial charge in [-0.15, -0.1) is 0 Å². The number of furan rings is 1. The third kappa shape index (κ3) is 4.09. The number of fused-ring (bicyclic) bond motifs is 6. The van der Waals surface area contributed by atoms with E-state index in [2.05, 4.69) is 55.1 Å². The van der Waals surface area contributed by atoms with E-state index in [4.69, 9.17) is 24.4 Å². The largest absolute Gasteiger partial charge is 0.456 e. The van der Waals surface area contributed by atoms with Crippen LogP contribution < -0.4 is 0 Å². The maximum Gasteiger partial charge on any atom is 0.183 e. The Morgan fingerprint density at radius 1 is 0.659 bits per heavy atom. The smallest absolute Gasteiger partial charge is 0.183 e. The number of aromatic nitrogens is 4. The van der Waals surface area contributed by atoms with Gasteiger partial charge >= 0.3 is 0 Å². The van der Waals surface area contributed by atoms with Crippen LogP contribution in [0, 0.1) is 0 Å². The van der Waals surface area contributed by atoms with Gasteiger partial charge in [-0.2, -0.15) is 0 Å². The highest BCUT2D eigenvalue weighted by atomic mass is 16.3. The van der Waals surface area contributed by atoms with Crippen molar-refractivity contribution in [2.45, 2.75) is 6.92 Å². The zero-order chi connectivity index (χ0) is 29.6. The second kappa shape index (κ2) is 10.4. The van der Waals surface area contributed by atoms with Crippen LogP contribution >= 0.6 is 0 Å². The van der Waals surface area contributed by atoms with Crippen molar-refractivity contribution in [2.24, 2.45) is 0 Å². The van der Waals surface area contributed by atoms with Crippen LogP contribution in [0.2, 0.25) is 0 Å². The molecule has 0 N–H and O–H groups in total. The van der Waals surface area contributed by atoms with Crippen molar-refractivity contribution >= 4 is 55.6 Å². The highest BCUT2D eigenvalue weighted by Crippen LogP contribution is 2.40. The van der Waals surface area contributed by atoms with Crippen LogP contribution in [0.4, 0.5) is 0 Å². The molecule has 3 aromatic heterocycles. The average Bonchev–Trinajstić information content (AvgIpc) is 3.47. The van der Waals surface area contributed by atoms with Gasteiger partial charge in [-0.1, -0.05) is 110 Å². The van der Waals surface area contributed by atoms with Crippen molar-refractivity contribution in [1.82, 2.24) is 19.9 Å². The molecule has 0 aliphatic carbocycles. The summed E-state index contributed by atoms with van der Waals surface area (Å²) in [6.45, 7) is 6.19. The van der Waals surface area contributed by atoms with Gasteiger partial charge in [-0.05, 0) is 52.4 Å². The predicted octanol–water partition coefficient (Wildman–Crippen LogP) is 10.1. The molecule has 0 bridgehead atoms. The van der Waals surface area contributed by atoms with E-state index in [1.54, 1.807) is 6.20 Å². The van der Waals surface area contributed by atoms with Gasteiger partial charge in [0.05, 0.1) is 5.39 Å². The Morgan fingerprint density at radius 3 is 2.25 bits per heavy atom. The van der Waals surface area contributed by atoms with Crippen molar-refractivity contribution in [3.05, 3.63) is 133 Å². The molecule has 5 aromatic carbocycles. The Hall–Kier alpha value is -5.94. The second-order valence-electron chi connectivity index (χ2n) is 10.6. The van der Waals surface area contributed by atoms with Gasteiger partial charge in [0, 0.05) is 28.1 Å². The maximum atomic E-state index is 6.19. The summed E-state index contributed by atoms with van der Waals surface area (Å²) in [5.74, 6) is 1.63. The number of hydrogen-bond acceptors (Lipinski definition) is 5. The van der Waals surface area contributed by atoms with E-state index < -0.39 is 0 Å². The molecule has 0 radical (unpaired) electrons. The van der Waals surface area contributed by atoms with Gasteiger partial charge < -0.3 is 4.42 Å². The molecule has 5 nitrogen and oxygen atoms in total. The number of nitrogens with zero attached hydrogens (tertiary/aromatic N) is 4. The number of allylic oxidation sites excluding steroid dienone is 1. The standard InChI is InChI=1S/C39H26N4O/c1-3-12-26-23-31(34-28-16-9-8-13-24(28)19-20-29(34)27(26)4-2)38-41-37(25-14-6-5-7-15-25)42-39(43-38)36-35-30-17-10-11-18-32(30)44-33(35)21-22-40-36/h3-23H,2H2,1H3/b12-3-. The van der Waals surface area contributed by atoms with E-state index in [0.29, 0.717) is 23.2 Å². The summed E-state index contributed by atoms with van der Waals surface area (Å²) in [6, 6.07) is 34.8. The normalized spacial score (nSPS) is 11.8. The van der Waals surface area contributed by atoms with E-state index in [1.807, 2.05) is 79.7 Å². The minimum absolute atomic E-state index is 0.486. The fourth-order valence-electron chi connectivity index (χ4n) is 6.13. The SMILES string of the molecule is C=Cc1c(/C=C\C)cc(-c2nc(-c3ccccc3)nc(-c3nccc4oc5ccccc5c34)n2)c2c1ccc1ccccc12. The van der Waals surface area contributed by atoms with E-state index in [-0.39, 0.29) is 0 Å². The molecule has 0 fully saturated rings. The minimum Gasteiger partial charge on any atom is -0.456 e. The zero-order valence-electron chi connectivity index (χ0n) is 24.0. The van der Waals surface area contributed by atoms with Crippen molar-refractivity contribution in [2.75, 3.05) is 0 Å². The first-order valence-electron chi connectivity index (χ1n) is 14.6. The molecule has 0 atom stereocenters. The number of pyridine rings is 1. The Morgan fingerprint density at radius 2 is 1.41 bits per heavy atom. The van der Waals surface area contributed by atoms with Crippen molar-refractivity contribution in [3.63, 3.8) is 0 Å². The van der Waals surface area contributed by atoms with Crippen LogP contribution in [-0.4, -0.2) is 19.9 Å². The summed E-state index contributed by atoms with van der Waals surface area (Å²) in [4.78, 5) is 20.1. The second-order valence-corrected chi connectivity index (χ2v) is 10.6. The van der Waals surface area contributed by atoms with Gasteiger partial charge in [0.15, 0.2) is 17.5 Å². The molecular weight excluding hydrogens is 540 g/mol. The summed E-state index contributed by atoms with van der Waals surface area (Å²) in [7, 11) is 0. The highest BCUT2D eigenvalue weighted by Gasteiger charge is 2.21. The van der Waals surface area contributed by atoms with Gasteiger partial charge in [-0.3, -0.25) is 4.98 Å². The molecule has 0 saturated carbocycles. The molecule has 0 aliphatic heterocycles. The lowest BCUT2D eigenvalue weighted by molar-refractivity contribution is 0.668. The van der Waals surface area contributed by atoms with E-state index >= 15 is 0 Å². The first kappa shape index (κ1) is 25.7.